The molecule has 0 saturated carbocycles. The molecule has 1 N–H and O–H groups in total. The Morgan fingerprint density at radius 1 is 0.964 bits per heavy atom. The largest absolute Gasteiger partial charge is 0.486 e. The highest BCUT2D eigenvalue weighted by Crippen LogP contribution is 2.36. The lowest BCUT2D eigenvalue weighted by molar-refractivity contribution is 0.171. The molecule has 2 aromatic heterocycles. The van der Waals surface area contributed by atoms with Crippen LogP contribution in [0, 0.1) is 6.92 Å². The highest BCUT2D eigenvalue weighted by atomic mass is 35.5. The molecule has 2 aromatic carbocycles. The number of rotatable bonds is 3. The van der Waals surface area contributed by atoms with Gasteiger partial charge < -0.3 is 14.8 Å². The Bertz CT molecular complexity index is 1170. The second-order valence-electron chi connectivity index (χ2n) is 6.73. The summed E-state index contributed by atoms with van der Waals surface area (Å²) < 4.78 is 13.4. The predicted octanol–water partition coefficient (Wildman–Crippen LogP) is 5.48. The first-order valence-corrected chi connectivity index (χ1v) is 9.46. The van der Waals surface area contributed by atoms with Crippen molar-refractivity contribution >= 4 is 28.8 Å². The van der Waals surface area contributed by atoms with Gasteiger partial charge >= 0.3 is 0 Å². The number of nitrogens with zero attached hydrogens (tertiary/aromatic N) is 2. The Morgan fingerprint density at radius 2 is 1.75 bits per heavy atom. The molecule has 0 aliphatic carbocycles. The zero-order chi connectivity index (χ0) is 19.1. The summed E-state index contributed by atoms with van der Waals surface area (Å²) in [5, 5.41) is 4.21. The van der Waals surface area contributed by atoms with Crippen LogP contribution in [0.1, 0.15) is 5.56 Å². The molecule has 0 spiro atoms. The van der Waals surface area contributed by atoms with E-state index < -0.39 is 0 Å². The molecule has 0 amide bonds. The molecular weight excluding hydrogens is 374 g/mol. The maximum absolute atomic E-state index is 6.07. The number of nitrogens with one attached hydrogen (secondary N) is 1. The molecule has 140 valence electrons. The minimum Gasteiger partial charge on any atom is -0.486 e. The smallest absolute Gasteiger partial charge is 0.163 e. The number of hydrogen-bond acceptors (Lipinski definition) is 4. The van der Waals surface area contributed by atoms with Gasteiger partial charge in [0.1, 0.15) is 30.4 Å². The summed E-state index contributed by atoms with van der Waals surface area (Å²) in [6, 6.07) is 17.7. The van der Waals surface area contributed by atoms with E-state index in [0.29, 0.717) is 18.2 Å². The van der Waals surface area contributed by atoms with Gasteiger partial charge in [0.15, 0.2) is 11.5 Å². The average molecular weight is 392 g/mol. The Balaban J connectivity index is 1.63. The van der Waals surface area contributed by atoms with Crippen molar-refractivity contribution < 1.29 is 9.47 Å². The molecule has 6 heteroatoms. The minimum absolute atomic E-state index is 0.557. The average Bonchev–Trinajstić information content (AvgIpc) is 3.06. The molecule has 4 aromatic rings. The van der Waals surface area contributed by atoms with Crippen molar-refractivity contribution in [3.05, 3.63) is 71.4 Å². The fourth-order valence-corrected chi connectivity index (χ4v) is 3.46. The van der Waals surface area contributed by atoms with Crippen LogP contribution < -0.4 is 14.8 Å². The van der Waals surface area contributed by atoms with Crippen molar-refractivity contribution in [2.75, 3.05) is 18.5 Å². The van der Waals surface area contributed by atoms with E-state index in [2.05, 4.69) is 24.4 Å². The van der Waals surface area contributed by atoms with Crippen molar-refractivity contribution in [2.45, 2.75) is 6.92 Å². The zero-order valence-electron chi connectivity index (χ0n) is 15.3. The number of halogens is 1. The maximum Gasteiger partial charge on any atom is 0.163 e. The van der Waals surface area contributed by atoms with E-state index in [-0.39, 0.29) is 0 Å². The van der Waals surface area contributed by atoms with Gasteiger partial charge in [-0.25, -0.2) is 4.98 Å². The monoisotopic (exact) mass is 391 g/mol. The molecule has 3 heterocycles. The highest BCUT2D eigenvalue weighted by molar-refractivity contribution is 6.30. The fourth-order valence-electron chi connectivity index (χ4n) is 3.33. The standard InChI is InChI=1S/C22H18ClN3O2/c1-14-8-9-26-20(12-14)25-21(15-2-4-16(23)5-3-15)22(26)24-17-6-7-18-19(13-17)28-11-10-27-18/h2-9,12-13,24H,10-11H2,1H3. The molecule has 1 aliphatic rings. The Kier molecular flexibility index (Phi) is 4.10. The van der Waals surface area contributed by atoms with Crippen molar-refractivity contribution in [3.8, 4) is 22.8 Å². The van der Waals surface area contributed by atoms with Crippen LogP contribution in [0.4, 0.5) is 11.5 Å². The number of aryl methyl sites for hydroxylation is 1. The van der Waals surface area contributed by atoms with Crippen molar-refractivity contribution in [1.82, 2.24) is 9.38 Å². The topological polar surface area (TPSA) is 47.8 Å². The number of anilines is 2. The molecule has 0 saturated heterocycles. The number of benzene rings is 2. The lowest BCUT2D eigenvalue weighted by Gasteiger charge is -2.19. The second-order valence-corrected chi connectivity index (χ2v) is 7.17. The normalized spacial score (nSPS) is 12.9. The third kappa shape index (κ3) is 3.04. The van der Waals surface area contributed by atoms with E-state index in [0.717, 1.165) is 45.5 Å². The number of fused-ring (bicyclic) bond motifs is 2. The molecule has 5 nitrogen and oxygen atoms in total. The molecule has 1 aliphatic heterocycles. The van der Waals surface area contributed by atoms with Gasteiger partial charge in [-0.1, -0.05) is 23.7 Å². The van der Waals surface area contributed by atoms with Crippen molar-refractivity contribution in [3.63, 3.8) is 0 Å². The van der Waals surface area contributed by atoms with Crippen LogP contribution >= 0.6 is 11.6 Å². The van der Waals surface area contributed by atoms with Crippen LogP contribution in [0.25, 0.3) is 16.9 Å². The van der Waals surface area contributed by atoms with Crippen molar-refractivity contribution in [2.24, 2.45) is 0 Å². The molecular formula is C22H18ClN3O2. The minimum atomic E-state index is 0.557. The second kappa shape index (κ2) is 6.77. The molecule has 0 bridgehead atoms. The Morgan fingerprint density at radius 3 is 2.57 bits per heavy atom. The van der Waals surface area contributed by atoms with E-state index >= 15 is 0 Å². The number of ether oxygens (including phenoxy) is 2. The fraction of sp³-hybridized carbons (Fsp3) is 0.136. The number of pyridine rings is 1. The first-order valence-electron chi connectivity index (χ1n) is 9.09. The summed E-state index contributed by atoms with van der Waals surface area (Å²) in [7, 11) is 0. The third-order valence-corrected chi connectivity index (χ3v) is 4.96. The lowest BCUT2D eigenvalue weighted by Crippen LogP contribution is -2.15. The van der Waals surface area contributed by atoms with E-state index in [1.54, 1.807) is 0 Å². The van der Waals surface area contributed by atoms with E-state index in [9.17, 15) is 0 Å². The summed E-state index contributed by atoms with van der Waals surface area (Å²) in [5.74, 6) is 2.39. The van der Waals surface area contributed by atoms with Crippen LogP contribution in [-0.2, 0) is 0 Å². The number of imidazole rings is 1. The summed E-state index contributed by atoms with van der Waals surface area (Å²) in [6.45, 7) is 3.19. The maximum atomic E-state index is 6.07. The van der Waals surface area contributed by atoms with Gasteiger partial charge in [-0.15, -0.1) is 0 Å². The number of hydrogen-bond donors (Lipinski definition) is 1. The SMILES string of the molecule is Cc1ccn2c(Nc3ccc4c(c3)OCCO4)c(-c3ccc(Cl)cc3)nc2c1. The number of aromatic nitrogens is 2. The molecule has 0 atom stereocenters. The molecule has 5 rings (SSSR count). The summed E-state index contributed by atoms with van der Waals surface area (Å²) in [4.78, 5) is 4.86. The van der Waals surface area contributed by atoms with Gasteiger partial charge in [0.25, 0.3) is 0 Å². The predicted molar refractivity (Wildman–Crippen MR) is 111 cm³/mol. The molecule has 0 fully saturated rings. The van der Waals surface area contributed by atoms with Crippen LogP contribution in [0.5, 0.6) is 11.5 Å². The van der Waals surface area contributed by atoms with Gasteiger partial charge in [0.2, 0.25) is 0 Å². The van der Waals surface area contributed by atoms with Gasteiger partial charge in [-0.3, -0.25) is 4.40 Å². The zero-order valence-corrected chi connectivity index (χ0v) is 16.0. The van der Waals surface area contributed by atoms with Crippen LogP contribution in [0.15, 0.2) is 60.8 Å². The van der Waals surface area contributed by atoms with Gasteiger partial charge in [-0.05, 0) is 48.9 Å². The van der Waals surface area contributed by atoms with E-state index in [1.807, 2.05) is 53.1 Å². The summed E-state index contributed by atoms with van der Waals surface area (Å²) in [6.07, 6.45) is 2.03. The van der Waals surface area contributed by atoms with Crippen molar-refractivity contribution in [1.29, 1.82) is 0 Å². The third-order valence-electron chi connectivity index (χ3n) is 4.70. The highest BCUT2D eigenvalue weighted by Gasteiger charge is 2.17. The van der Waals surface area contributed by atoms with Gasteiger partial charge in [-0.2, -0.15) is 0 Å². The first kappa shape index (κ1) is 17.0. The van der Waals surface area contributed by atoms with E-state index in [1.165, 1.54) is 0 Å². The Hall–Kier alpha value is -3.18. The van der Waals surface area contributed by atoms with Crippen LogP contribution in [0.2, 0.25) is 5.02 Å². The molecule has 0 radical (unpaired) electrons. The summed E-state index contributed by atoms with van der Waals surface area (Å²) in [5.41, 5.74) is 4.79. The Labute approximate surface area is 167 Å². The van der Waals surface area contributed by atoms with E-state index in [4.69, 9.17) is 26.1 Å². The summed E-state index contributed by atoms with van der Waals surface area (Å²) >= 11 is 6.07. The van der Waals surface area contributed by atoms with Gasteiger partial charge in [0.05, 0.1) is 0 Å². The van der Waals surface area contributed by atoms with Gasteiger partial charge in [0, 0.05) is 28.5 Å². The molecule has 0 unspecified atom stereocenters. The van der Waals surface area contributed by atoms with Crippen LogP contribution in [-0.4, -0.2) is 22.6 Å². The first-order chi connectivity index (χ1) is 13.7. The van der Waals surface area contributed by atoms with Crippen LogP contribution in [0.3, 0.4) is 0 Å². The quantitative estimate of drug-likeness (QED) is 0.502. The molecule has 28 heavy (non-hydrogen) atoms. The lowest BCUT2D eigenvalue weighted by atomic mass is 10.1.